The van der Waals surface area contributed by atoms with Crippen LogP contribution < -0.4 is 21.3 Å². The molecule has 2 aromatic carbocycles. The summed E-state index contributed by atoms with van der Waals surface area (Å²) in [5, 5.41) is 12.1. The Morgan fingerprint density at radius 1 is 0.453 bits per heavy atom. The minimum absolute atomic E-state index is 0.162. The van der Waals surface area contributed by atoms with Gasteiger partial charge in [-0.3, -0.25) is 0 Å². The molecule has 8 nitrogen and oxygen atoms in total. The van der Waals surface area contributed by atoms with Gasteiger partial charge in [0.05, 0.1) is 0 Å². The highest BCUT2D eigenvalue weighted by atomic mass is 16.2. The molecule has 0 aliphatic rings. The van der Waals surface area contributed by atoms with E-state index in [1.807, 2.05) is 36.4 Å². The number of nitrogens with zero attached hydrogens (tertiary/aromatic N) is 2. The second-order valence-electron chi connectivity index (χ2n) is 15.0. The predicted molar refractivity (Wildman–Crippen MR) is 228 cm³/mol. The van der Waals surface area contributed by atoms with E-state index in [4.69, 9.17) is 0 Å². The molecule has 0 aliphatic heterocycles. The zero-order chi connectivity index (χ0) is 38.2. The zero-order valence-electron chi connectivity index (χ0n) is 34.4. The second-order valence-corrected chi connectivity index (χ2v) is 15.0. The van der Waals surface area contributed by atoms with E-state index < -0.39 is 0 Å². The Bertz CT molecular complexity index is 1120. The molecule has 0 heterocycles. The van der Waals surface area contributed by atoms with Gasteiger partial charge in [0, 0.05) is 24.5 Å². The lowest BCUT2D eigenvalue weighted by molar-refractivity contribution is 0.248. The van der Waals surface area contributed by atoms with Gasteiger partial charge in [0.15, 0.2) is 0 Å². The maximum Gasteiger partial charge on any atom is 0.319 e. The molecular weight excluding hydrogens is 657 g/mol. The Morgan fingerprint density at radius 3 is 1.21 bits per heavy atom. The van der Waals surface area contributed by atoms with Crippen LogP contribution in [0.5, 0.6) is 0 Å². The fourth-order valence-electron chi connectivity index (χ4n) is 6.74. The average Bonchev–Trinajstić information content (AvgIpc) is 3.15. The van der Waals surface area contributed by atoms with Gasteiger partial charge in [-0.1, -0.05) is 116 Å². The zero-order valence-corrected chi connectivity index (χ0v) is 34.4. The van der Waals surface area contributed by atoms with Gasteiger partial charge in [0.2, 0.25) is 0 Å². The molecule has 4 amide bonds. The van der Waals surface area contributed by atoms with E-state index in [1.165, 1.54) is 116 Å². The molecule has 0 unspecified atom stereocenters. The van der Waals surface area contributed by atoms with E-state index in [0.717, 1.165) is 61.3 Å². The number of nitrogens with one attached hydrogen (secondary N) is 4. The van der Waals surface area contributed by atoms with Gasteiger partial charge in [-0.05, 0) is 132 Å². The molecular formula is C45H78N6O2. The Kier molecular flexibility index (Phi) is 27.2. The molecule has 8 heteroatoms. The number of carbonyl (C=O) groups excluding carboxylic acids is 2. The van der Waals surface area contributed by atoms with Crippen molar-refractivity contribution in [3.05, 3.63) is 59.7 Å². The summed E-state index contributed by atoms with van der Waals surface area (Å²) in [4.78, 5) is 30.5. The third-order valence-electron chi connectivity index (χ3n) is 9.96. The van der Waals surface area contributed by atoms with Crippen molar-refractivity contribution in [3.8, 4) is 0 Å². The summed E-state index contributed by atoms with van der Waals surface area (Å²) < 4.78 is 0. The van der Waals surface area contributed by atoms with Gasteiger partial charge in [0.1, 0.15) is 0 Å². The number of rotatable bonds is 32. The highest BCUT2D eigenvalue weighted by Gasteiger charge is 2.08. The fraction of sp³-hybridized carbons (Fsp3) is 0.689. The number of hydrogen-bond acceptors (Lipinski definition) is 4. The van der Waals surface area contributed by atoms with Crippen molar-refractivity contribution >= 4 is 23.4 Å². The first-order valence-corrected chi connectivity index (χ1v) is 21.7. The SMILES string of the molecule is CCCCCCCN(CCCC)CCCCNC(=O)Nc1cccc(Cc2cccc(NC(=O)NCCCCN(CCCC)CCCCCCC)c2)c1. The number of benzene rings is 2. The largest absolute Gasteiger partial charge is 0.338 e. The van der Waals surface area contributed by atoms with Gasteiger partial charge >= 0.3 is 12.1 Å². The average molecular weight is 735 g/mol. The van der Waals surface area contributed by atoms with E-state index >= 15 is 0 Å². The summed E-state index contributed by atoms with van der Waals surface area (Å²) in [6.45, 7) is 17.4. The number of carbonyl (C=O) groups is 2. The topological polar surface area (TPSA) is 88.7 Å². The quantitative estimate of drug-likeness (QED) is 0.0564. The third-order valence-corrected chi connectivity index (χ3v) is 9.96. The molecule has 0 spiro atoms. The lowest BCUT2D eigenvalue weighted by atomic mass is 10.0. The highest BCUT2D eigenvalue weighted by molar-refractivity contribution is 5.89. The van der Waals surface area contributed by atoms with Crippen molar-refractivity contribution in [2.24, 2.45) is 0 Å². The van der Waals surface area contributed by atoms with Crippen LogP contribution in [0.15, 0.2) is 48.5 Å². The lowest BCUT2D eigenvalue weighted by Crippen LogP contribution is -2.31. The Morgan fingerprint density at radius 2 is 0.811 bits per heavy atom. The normalized spacial score (nSPS) is 11.3. The van der Waals surface area contributed by atoms with Crippen molar-refractivity contribution in [1.82, 2.24) is 20.4 Å². The first kappa shape index (κ1) is 46.1. The molecule has 2 rings (SSSR count). The van der Waals surface area contributed by atoms with Crippen molar-refractivity contribution in [2.45, 2.75) is 150 Å². The molecule has 0 saturated heterocycles. The van der Waals surface area contributed by atoms with Gasteiger partial charge in [-0.15, -0.1) is 0 Å². The van der Waals surface area contributed by atoms with Gasteiger partial charge < -0.3 is 31.1 Å². The van der Waals surface area contributed by atoms with E-state index in [9.17, 15) is 9.59 Å². The van der Waals surface area contributed by atoms with Crippen molar-refractivity contribution in [2.75, 3.05) is 63.0 Å². The molecule has 0 bridgehead atoms. The molecule has 4 N–H and O–H groups in total. The van der Waals surface area contributed by atoms with Crippen LogP contribution in [0, 0.1) is 0 Å². The summed E-state index contributed by atoms with van der Waals surface area (Å²) in [6.07, 6.45) is 23.1. The molecule has 0 fully saturated rings. The van der Waals surface area contributed by atoms with Crippen LogP contribution >= 0.6 is 0 Å². The highest BCUT2D eigenvalue weighted by Crippen LogP contribution is 2.18. The molecule has 53 heavy (non-hydrogen) atoms. The van der Waals surface area contributed by atoms with E-state index in [0.29, 0.717) is 19.5 Å². The second kappa shape index (κ2) is 31.3. The van der Waals surface area contributed by atoms with Gasteiger partial charge in [0.25, 0.3) is 0 Å². The van der Waals surface area contributed by atoms with Crippen molar-refractivity contribution in [3.63, 3.8) is 0 Å². The molecule has 2 aromatic rings. The fourth-order valence-corrected chi connectivity index (χ4v) is 6.74. The first-order chi connectivity index (χ1) is 26.0. The number of anilines is 2. The number of urea groups is 2. The van der Waals surface area contributed by atoms with Crippen LogP contribution in [0.4, 0.5) is 21.0 Å². The Hall–Kier alpha value is -3.10. The summed E-state index contributed by atoms with van der Waals surface area (Å²) >= 11 is 0. The minimum atomic E-state index is -0.162. The van der Waals surface area contributed by atoms with E-state index in [2.05, 4.69) is 70.9 Å². The monoisotopic (exact) mass is 735 g/mol. The third kappa shape index (κ3) is 24.0. The smallest absolute Gasteiger partial charge is 0.319 e. The number of hydrogen-bond donors (Lipinski definition) is 4. The Labute approximate surface area is 325 Å². The predicted octanol–water partition coefficient (Wildman–Crippen LogP) is 11.2. The van der Waals surface area contributed by atoms with Crippen molar-refractivity contribution in [1.29, 1.82) is 0 Å². The molecule has 0 aliphatic carbocycles. The molecule has 0 radical (unpaired) electrons. The number of unbranched alkanes of at least 4 members (excludes halogenated alkanes) is 12. The van der Waals surface area contributed by atoms with Gasteiger partial charge in [-0.2, -0.15) is 0 Å². The first-order valence-electron chi connectivity index (χ1n) is 21.7. The van der Waals surface area contributed by atoms with E-state index in [-0.39, 0.29) is 12.1 Å². The van der Waals surface area contributed by atoms with E-state index in [1.54, 1.807) is 0 Å². The van der Waals surface area contributed by atoms with Crippen LogP contribution in [0.25, 0.3) is 0 Å². The van der Waals surface area contributed by atoms with Gasteiger partial charge in [-0.25, -0.2) is 9.59 Å². The van der Waals surface area contributed by atoms with Crippen molar-refractivity contribution < 1.29 is 9.59 Å². The standard InChI is InChI=1S/C45H78N6O2/c1-5-9-13-15-19-33-50(31-11-7-3)35-21-17-29-46-44(52)48-42-27-23-25-40(38-42)37-41-26-24-28-43(39-41)49-45(53)47-30-18-22-36-51(32-12-8-4)34-20-16-14-10-6-2/h23-28,38-39H,5-22,29-37H2,1-4H3,(H2,46,48,52)(H2,47,49,53). The molecule has 300 valence electrons. The van der Waals surface area contributed by atoms with Crippen LogP contribution in [0.2, 0.25) is 0 Å². The lowest BCUT2D eigenvalue weighted by Gasteiger charge is -2.22. The maximum atomic E-state index is 12.7. The van der Waals surface area contributed by atoms with Crippen LogP contribution in [0.3, 0.4) is 0 Å². The molecule has 0 saturated carbocycles. The molecule has 0 aromatic heterocycles. The summed E-state index contributed by atoms with van der Waals surface area (Å²) in [5.41, 5.74) is 3.76. The molecule has 0 atom stereocenters. The Balaban J connectivity index is 1.69. The van der Waals surface area contributed by atoms with Crippen LogP contribution in [-0.2, 0) is 6.42 Å². The summed E-state index contributed by atoms with van der Waals surface area (Å²) in [6, 6.07) is 15.7. The summed E-state index contributed by atoms with van der Waals surface area (Å²) in [7, 11) is 0. The number of amides is 4. The maximum absolute atomic E-state index is 12.7. The van der Waals surface area contributed by atoms with Crippen LogP contribution in [-0.4, -0.2) is 74.2 Å². The van der Waals surface area contributed by atoms with Crippen LogP contribution in [0.1, 0.15) is 154 Å². The minimum Gasteiger partial charge on any atom is -0.338 e. The summed E-state index contributed by atoms with van der Waals surface area (Å²) in [5.74, 6) is 0.